The number of amides is 2. The van der Waals surface area contributed by atoms with E-state index < -0.39 is 30.1 Å². The van der Waals surface area contributed by atoms with Gasteiger partial charge in [0.25, 0.3) is 0 Å². The van der Waals surface area contributed by atoms with Crippen molar-refractivity contribution in [2.24, 2.45) is 0 Å². The van der Waals surface area contributed by atoms with E-state index in [1.807, 2.05) is 6.07 Å². The van der Waals surface area contributed by atoms with Crippen molar-refractivity contribution in [2.75, 3.05) is 6.54 Å². The highest BCUT2D eigenvalue weighted by Crippen LogP contribution is 2.18. The lowest BCUT2D eigenvalue weighted by atomic mass is 10.0. The van der Waals surface area contributed by atoms with Crippen LogP contribution in [-0.2, 0) is 20.8 Å². The quantitative estimate of drug-likeness (QED) is 0.669. The summed E-state index contributed by atoms with van der Waals surface area (Å²) in [7, 11) is 0. The van der Waals surface area contributed by atoms with Crippen molar-refractivity contribution in [3.05, 3.63) is 35.4 Å². The van der Waals surface area contributed by atoms with E-state index in [9.17, 15) is 24.6 Å². The molecule has 1 heterocycles. The van der Waals surface area contributed by atoms with Gasteiger partial charge in [0.2, 0.25) is 11.8 Å². The number of rotatable bonds is 5. The summed E-state index contributed by atoms with van der Waals surface area (Å²) in [4.78, 5) is 36.7. The van der Waals surface area contributed by atoms with E-state index in [1.54, 1.807) is 24.3 Å². The summed E-state index contributed by atoms with van der Waals surface area (Å²) in [5, 5.41) is 30.2. The van der Waals surface area contributed by atoms with Crippen molar-refractivity contribution in [1.82, 2.24) is 10.2 Å². The lowest BCUT2D eigenvalue weighted by Gasteiger charge is -2.24. The Morgan fingerprint density at radius 1 is 1.36 bits per heavy atom. The van der Waals surface area contributed by atoms with Gasteiger partial charge in [0.15, 0.2) is 0 Å². The van der Waals surface area contributed by atoms with Crippen molar-refractivity contribution < 1.29 is 24.6 Å². The standard InChI is InChI=1S/C17H19N3O5/c1-10(21)20-9-13(22)7-15(20)16(23)19-14(17(24)25)6-11-2-4-12(8-18)5-3-11/h2-5,13-15,22H,6-7,9H2,1H3,(H,19,23)(H,24,25)/t13-,14-,15+/m1/s1. The van der Waals surface area contributed by atoms with Crippen LogP contribution in [0.2, 0.25) is 0 Å². The topological polar surface area (TPSA) is 131 Å². The molecule has 2 amide bonds. The van der Waals surface area contributed by atoms with Crippen molar-refractivity contribution in [1.29, 1.82) is 5.26 Å². The lowest BCUT2D eigenvalue weighted by Crippen LogP contribution is -2.51. The van der Waals surface area contributed by atoms with Crippen LogP contribution in [0.3, 0.4) is 0 Å². The highest BCUT2D eigenvalue weighted by molar-refractivity contribution is 5.90. The van der Waals surface area contributed by atoms with Crippen molar-refractivity contribution >= 4 is 17.8 Å². The molecule has 0 unspecified atom stereocenters. The first-order valence-electron chi connectivity index (χ1n) is 7.79. The number of aliphatic hydroxyl groups is 1. The zero-order valence-electron chi connectivity index (χ0n) is 13.7. The zero-order chi connectivity index (χ0) is 18.6. The number of nitriles is 1. The molecule has 1 aliphatic heterocycles. The molecule has 1 aromatic carbocycles. The van der Waals surface area contributed by atoms with Gasteiger partial charge in [-0.2, -0.15) is 5.26 Å². The summed E-state index contributed by atoms with van der Waals surface area (Å²) in [5.74, 6) is -2.16. The zero-order valence-corrected chi connectivity index (χ0v) is 13.7. The number of aliphatic carboxylic acids is 1. The number of hydrogen-bond acceptors (Lipinski definition) is 5. The molecule has 1 aliphatic rings. The van der Waals surface area contributed by atoms with Crippen LogP contribution in [0.1, 0.15) is 24.5 Å². The molecule has 1 saturated heterocycles. The molecule has 0 radical (unpaired) electrons. The molecule has 25 heavy (non-hydrogen) atoms. The average molecular weight is 345 g/mol. The fraction of sp³-hybridized carbons (Fsp3) is 0.412. The van der Waals surface area contributed by atoms with Crippen molar-refractivity contribution in [3.63, 3.8) is 0 Å². The molecule has 0 spiro atoms. The predicted molar refractivity (Wildman–Crippen MR) is 86.2 cm³/mol. The SMILES string of the molecule is CC(=O)N1C[C@H](O)C[C@H]1C(=O)N[C@H](Cc1ccc(C#N)cc1)C(=O)O. The number of nitrogens with zero attached hydrogens (tertiary/aromatic N) is 2. The predicted octanol–water partition coefficient (Wildman–Crippen LogP) is -0.348. The minimum absolute atomic E-state index is 0.0438. The molecule has 0 bridgehead atoms. The van der Waals surface area contributed by atoms with Crippen LogP contribution in [0, 0.1) is 11.3 Å². The molecule has 0 aromatic heterocycles. The maximum absolute atomic E-state index is 12.4. The normalized spacial score (nSPS) is 20.6. The Bertz CT molecular complexity index is 710. The second-order valence-electron chi connectivity index (χ2n) is 5.99. The highest BCUT2D eigenvalue weighted by Gasteiger charge is 2.38. The number of carboxylic acids is 1. The van der Waals surface area contributed by atoms with E-state index in [4.69, 9.17) is 5.26 Å². The van der Waals surface area contributed by atoms with Gasteiger partial charge < -0.3 is 20.4 Å². The smallest absolute Gasteiger partial charge is 0.326 e. The third kappa shape index (κ3) is 4.55. The maximum atomic E-state index is 12.4. The number of carbonyl (C=O) groups is 3. The van der Waals surface area contributed by atoms with Gasteiger partial charge >= 0.3 is 5.97 Å². The van der Waals surface area contributed by atoms with E-state index in [1.165, 1.54) is 11.8 Å². The molecule has 8 heteroatoms. The van der Waals surface area contributed by atoms with Gasteiger partial charge in [-0.25, -0.2) is 4.79 Å². The van der Waals surface area contributed by atoms with Crippen LogP contribution in [0.15, 0.2) is 24.3 Å². The van der Waals surface area contributed by atoms with Crippen LogP contribution < -0.4 is 5.32 Å². The molecule has 132 valence electrons. The molecule has 2 rings (SSSR count). The Hall–Kier alpha value is -2.92. The van der Waals surface area contributed by atoms with Crippen LogP contribution in [-0.4, -0.2) is 57.6 Å². The Morgan fingerprint density at radius 2 is 2.00 bits per heavy atom. The molecular formula is C17H19N3O5. The molecule has 0 aliphatic carbocycles. The van der Waals surface area contributed by atoms with E-state index in [0.717, 1.165) is 0 Å². The van der Waals surface area contributed by atoms with Gasteiger partial charge in [0, 0.05) is 26.3 Å². The van der Waals surface area contributed by atoms with Gasteiger partial charge in [-0.1, -0.05) is 12.1 Å². The number of nitrogens with one attached hydrogen (secondary N) is 1. The number of likely N-dealkylation sites (tertiary alicyclic amines) is 1. The lowest BCUT2D eigenvalue weighted by molar-refractivity contribution is -0.143. The van der Waals surface area contributed by atoms with Gasteiger partial charge in [-0.05, 0) is 17.7 Å². The summed E-state index contributed by atoms with van der Waals surface area (Å²) in [6.07, 6.45) is -0.682. The third-order valence-electron chi connectivity index (χ3n) is 4.12. The summed E-state index contributed by atoms with van der Waals surface area (Å²) >= 11 is 0. The Balaban J connectivity index is 2.07. The first-order chi connectivity index (χ1) is 11.8. The minimum Gasteiger partial charge on any atom is -0.480 e. The first-order valence-corrected chi connectivity index (χ1v) is 7.79. The van der Waals surface area contributed by atoms with E-state index in [-0.39, 0.29) is 25.3 Å². The second kappa shape index (κ2) is 7.77. The van der Waals surface area contributed by atoms with E-state index in [2.05, 4.69) is 5.32 Å². The summed E-state index contributed by atoms with van der Waals surface area (Å²) in [5.41, 5.74) is 1.11. The molecule has 8 nitrogen and oxygen atoms in total. The van der Waals surface area contributed by atoms with Gasteiger partial charge in [0.05, 0.1) is 17.7 Å². The molecule has 1 aromatic rings. The number of benzene rings is 1. The van der Waals surface area contributed by atoms with Gasteiger partial charge in [-0.15, -0.1) is 0 Å². The Morgan fingerprint density at radius 3 is 2.52 bits per heavy atom. The molecule has 3 atom stereocenters. The van der Waals surface area contributed by atoms with Crippen LogP contribution in [0.25, 0.3) is 0 Å². The van der Waals surface area contributed by atoms with Gasteiger partial charge in [0.1, 0.15) is 12.1 Å². The van der Waals surface area contributed by atoms with E-state index >= 15 is 0 Å². The molecule has 0 saturated carbocycles. The van der Waals surface area contributed by atoms with Crippen molar-refractivity contribution in [2.45, 2.75) is 38.0 Å². The Labute approximate surface area is 144 Å². The summed E-state index contributed by atoms with van der Waals surface area (Å²) in [6, 6.07) is 6.31. The molecule has 1 fully saturated rings. The van der Waals surface area contributed by atoms with Crippen LogP contribution in [0.4, 0.5) is 0 Å². The summed E-state index contributed by atoms with van der Waals surface area (Å²) < 4.78 is 0. The third-order valence-corrected chi connectivity index (χ3v) is 4.12. The largest absolute Gasteiger partial charge is 0.480 e. The number of hydrogen-bond donors (Lipinski definition) is 3. The first kappa shape index (κ1) is 18.4. The molecular weight excluding hydrogens is 326 g/mol. The van der Waals surface area contributed by atoms with Crippen molar-refractivity contribution in [3.8, 4) is 6.07 Å². The number of aliphatic hydroxyl groups excluding tert-OH is 1. The van der Waals surface area contributed by atoms with Gasteiger partial charge in [-0.3, -0.25) is 9.59 Å². The minimum atomic E-state index is -1.20. The van der Waals surface area contributed by atoms with Crippen LogP contribution >= 0.6 is 0 Å². The number of carboxylic acid groups (broad SMARTS) is 1. The highest BCUT2D eigenvalue weighted by atomic mass is 16.4. The van der Waals surface area contributed by atoms with Crippen LogP contribution in [0.5, 0.6) is 0 Å². The summed E-state index contributed by atoms with van der Waals surface area (Å²) in [6.45, 7) is 1.35. The van der Waals surface area contributed by atoms with E-state index in [0.29, 0.717) is 11.1 Å². The number of β-amino-alcohol motifs (C(OH)–C–C–N with tert-alkyl or cyclic N) is 1. The second-order valence-corrected chi connectivity index (χ2v) is 5.99. The monoisotopic (exact) mass is 345 g/mol. The maximum Gasteiger partial charge on any atom is 0.326 e. The average Bonchev–Trinajstić information content (AvgIpc) is 2.97. The number of carbonyl (C=O) groups excluding carboxylic acids is 2. The molecule has 3 N–H and O–H groups in total. The Kier molecular flexibility index (Phi) is 5.72. The fourth-order valence-electron chi connectivity index (χ4n) is 2.83. The fourth-order valence-corrected chi connectivity index (χ4v) is 2.83.